The molecule has 1 N–H and O–H groups in total. The van der Waals surface area contributed by atoms with E-state index in [4.69, 9.17) is 0 Å². The highest BCUT2D eigenvalue weighted by molar-refractivity contribution is 4.90. The van der Waals surface area contributed by atoms with Crippen LogP contribution < -0.4 is 5.32 Å². The number of rotatable bonds is 2. The third-order valence-corrected chi connectivity index (χ3v) is 4.23. The van der Waals surface area contributed by atoms with Crippen LogP contribution in [-0.2, 0) is 0 Å². The second-order valence-corrected chi connectivity index (χ2v) is 5.28. The number of piperidine rings is 1. The van der Waals surface area contributed by atoms with Crippen LogP contribution in [0.5, 0.6) is 0 Å². The number of piperazine rings is 1. The zero-order chi connectivity index (χ0) is 10.1. The van der Waals surface area contributed by atoms with Crippen LogP contribution in [0, 0.1) is 0 Å². The van der Waals surface area contributed by atoms with E-state index >= 15 is 0 Å². The first-order valence-corrected chi connectivity index (χ1v) is 6.62. The highest BCUT2D eigenvalue weighted by atomic mass is 15.2. The van der Waals surface area contributed by atoms with Crippen molar-refractivity contribution in [2.75, 3.05) is 39.3 Å². The van der Waals surface area contributed by atoms with Gasteiger partial charge in [0.25, 0.3) is 0 Å². The van der Waals surface area contributed by atoms with Crippen LogP contribution >= 0.6 is 0 Å². The minimum atomic E-state index is 0.891. The minimum absolute atomic E-state index is 0.891. The third-order valence-electron chi connectivity index (χ3n) is 4.23. The molecular formula is C12H23N3. The van der Waals surface area contributed by atoms with Crippen molar-refractivity contribution >= 4 is 0 Å². The smallest absolute Gasteiger partial charge is 0.0121 e. The van der Waals surface area contributed by atoms with Crippen LogP contribution in [0.15, 0.2) is 0 Å². The lowest BCUT2D eigenvalue weighted by atomic mass is 10.0. The van der Waals surface area contributed by atoms with Crippen LogP contribution in [0.3, 0.4) is 0 Å². The molecule has 2 saturated heterocycles. The van der Waals surface area contributed by atoms with E-state index in [2.05, 4.69) is 15.1 Å². The maximum Gasteiger partial charge on any atom is 0.0121 e. The van der Waals surface area contributed by atoms with Gasteiger partial charge in [0.1, 0.15) is 0 Å². The number of hydrogen-bond acceptors (Lipinski definition) is 3. The Hall–Kier alpha value is -0.120. The molecule has 15 heavy (non-hydrogen) atoms. The van der Waals surface area contributed by atoms with E-state index in [1.54, 1.807) is 0 Å². The molecule has 86 valence electrons. The van der Waals surface area contributed by atoms with Crippen LogP contribution in [-0.4, -0.2) is 61.2 Å². The normalized spacial score (nSPS) is 32.0. The molecule has 0 aromatic heterocycles. The van der Waals surface area contributed by atoms with Gasteiger partial charge < -0.3 is 10.2 Å². The molecule has 1 saturated carbocycles. The van der Waals surface area contributed by atoms with E-state index in [0.29, 0.717) is 0 Å². The van der Waals surface area contributed by atoms with Gasteiger partial charge in [0, 0.05) is 38.3 Å². The van der Waals surface area contributed by atoms with Gasteiger partial charge >= 0.3 is 0 Å². The van der Waals surface area contributed by atoms with Crippen LogP contribution in [0.1, 0.15) is 25.7 Å². The summed E-state index contributed by atoms with van der Waals surface area (Å²) >= 11 is 0. The predicted molar refractivity (Wildman–Crippen MR) is 62.1 cm³/mol. The Morgan fingerprint density at radius 1 is 0.667 bits per heavy atom. The fourth-order valence-corrected chi connectivity index (χ4v) is 3.10. The minimum Gasteiger partial charge on any atom is -0.314 e. The molecule has 0 unspecified atom stereocenters. The Bertz CT molecular complexity index is 201. The first kappa shape index (κ1) is 10.1. The molecule has 0 atom stereocenters. The maximum atomic E-state index is 3.44. The van der Waals surface area contributed by atoms with E-state index < -0.39 is 0 Å². The van der Waals surface area contributed by atoms with Crippen LogP contribution in [0.4, 0.5) is 0 Å². The van der Waals surface area contributed by atoms with Gasteiger partial charge in [0.2, 0.25) is 0 Å². The molecule has 0 aromatic rings. The van der Waals surface area contributed by atoms with Crippen molar-refractivity contribution in [3.8, 4) is 0 Å². The summed E-state index contributed by atoms with van der Waals surface area (Å²) in [4.78, 5) is 5.43. The molecule has 1 aliphatic carbocycles. The number of likely N-dealkylation sites (tertiary alicyclic amines) is 1. The van der Waals surface area contributed by atoms with E-state index in [9.17, 15) is 0 Å². The Kier molecular flexibility index (Phi) is 2.95. The molecule has 0 radical (unpaired) electrons. The zero-order valence-electron chi connectivity index (χ0n) is 9.62. The first-order chi connectivity index (χ1) is 7.43. The molecule has 2 aliphatic heterocycles. The summed E-state index contributed by atoms with van der Waals surface area (Å²) in [5.41, 5.74) is 0. The quantitative estimate of drug-likeness (QED) is 0.715. The molecular weight excluding hydrogens is 186 g/mol. The fourth-order valence-electron chi connectivity index (χ4n) is 3.10. The zero-order valence-corrected chi connectivity index (χ0v) is 9.62. The van der Waals surface area contributed by atoms with Crippen molar-refractivity contribution < 1.29 is 0 Å². The van der Waals surface area contributed by atoms with Gasteiger partial charge in [-0.15, -0.1) is 0 Å². The largest absolute Gasteiger partial charge is 0.314 e. The van der Waals surface area contributed by atoms with Crippen LogP contribution in [0.25, 0.3) is 0 Å². The van der Waals surface area contributed by atoms with E-state index in [0.717, 1.165) is 12.1 Å². The van der Waals surface area contributed by atoms with Gasteiger partial charge in [-0.1, -0.05) is 0 Å². The van der Waals surface area contributed by atoms with Crippen LogP contribution in [0.2, 0.25) is 0 Å². The molecule has 3 nitrogen and oxygen atoms in total. The molecule has 0 spiro atoms. The summed E-state index contributed by atoms with van der Waals surface area (Å²) < 4.78 is 0. The number of hydrogen-bond donors (Lipinski definition) is 1. The summed E-state index contributed by atoms with van der Waals surface area (Å²) in [7, 11) is 0. The number of nitrogens with one attached hydrogen (secondary N) is 1. The highest BCUT2D eigenvalue weighted by Crippen LogP contribution is 2.30. The third kappa shape index (κ3) is 2.35. The monoisotopic (exact) mass is 209 g/mol. The Balaban J connectivity index is 1.47. The Morgan fingerprint density at radius 3 is 1.80 bits per heavy atom. The summed E-state index contributed by atoms with van der Waals surface area (Å²) in [6, 6.07) is 1.87. The summed E-state index contributed by atoms with van der Waals surface area (Å²) in [6.07, 6.45) is 5.77. The van der Waals surface area contributed by atoms with Gasteiger partial charge in [0.05, 0.1) is 0 Å². The summed E-state index contributed by atoms with van der Waals surface area (Å²) in [6.45, 7) is 7.66. The molecule has 3 fully saturated rings. The van der Waals surface area contributed by atoms with E-state index in [1.165, 1.54) is 65.0 Å². The number of nitrogens with zero attached hydrogens (tertiary/aromatic N) is 2. The van der Waals surface area contributed by atoms with Crippen molar-refractivity contribution in [3.05, 3.63) is 0 Å². The Morgan fingerprint density at radius 2 is 1.20 bits per heavy atom. The van der Waals surface area contributed by atoms with Crippen molar-refractivity contribution in [1.82, 2.24) is 15.1 Å². The first-order valence-electron chi connectivity index (χ1n) is 6.62. The van der Waals surface area contributed by atoms with Gasteiger partial charge in [0.15, 0.2) is 0 Å². The summed E-state index contributed by atoms with van der Waals surface area (Å²) in [5.74, 6) is 0. The van der Waals surface area contributed by atoms with Crippen molar-refractivity contribution in [3.63, 3.8) is 0 Å². The molecule has 0 bridgehead atoms. The van der Waals surface area contributed by atoms with Crippen molar-refractivity contribution in [2.45, 2.75) is 37.8 Å². The van der Waals surface area contributed by atoms with Gasteiger partial charge in [-0.05, 0) is 38.8 Å². The lowest BCUT2D eigenvalue weighted by molar-refractivity contribution is 0.0945. The Labute approximate surface area is 92.8 Å². The highest BCUT2D eigenvalue weighted by Gasteiger charge is 2.33. The average molecular weight is 209 g/mol. The SMILES string of the molecule is C1CN(C2CCN(C3CC3)CC2)CCN1. The molecule has 3 rings (SSSR count). The van der Waals surface area contributed by atoms with Crippen molar-refractivity contribution in [2.24, 2.45) is 0 Å². The maximum absolute atomic E-state index is 3.44. The van der Waals surface area contributed by atoms with E-state index in [-0.39, 0.29) is 0 Å². The standard InChI is InChI=1S/C12H23N3/c1-2-11(1)14-7-3-12(4-8-14)15-9-5-13-6-10-15/h11-13H,1-10H2. The molecule has 3 aliphatic rings. The molecule has 0 aromatic carbocycles. The van der Waals surface area contributed by atoms with Crippen molar-refractivity contribution in [1.29, 1.82) is 0 Å². The molecule has 2 heterocycles. The topological polar surface area (TPSA) is 18.5 Å². The van der Waals surface area contributed by atoms with Gasteiger partial charge in [-0.25, -0.2) is 0 Å². The van der Waals surface area contributed by atoms with E-state index in [1.807, 2.05) is 0 Å². The average Bonchev–Trinajstić information content (AvgIpc) is 3.15. The van der Waals surface area contributed by atoms with Gasteiger partial charge in [-0.2, -0.15) is 0 Å². The predicted octanol–water partition coefficient (Wildman–Crippen LogP) is 0.518. The molecule has 3 heteroatoms. The second-order valence-electron chi connectivity index (χ2n) is 5.28. The molecule has 0 amide bonds. The second kappa shape index (κ2) is 4.40. The lowest BCUT2D eigenvalue weighted by Crippen LogP contribution is -2.52. The fraction of sp³-hybridized carbons (Fsp3) is 1.00. The van der Waals surface area contributed by atoms with Gasteiger partial charge in [-0.3, -0.25) is 4.90 Å². The lowest BCUT2D eigenvalue weighted by Gasteiger charge is -2.40. The summed E-state index contributed by atoms with van der Waals surface area (Å²) in [5, 5.41) is 3.44.